The van der Waals surface area contributed by atoms with Gasteiger partial charge in [-0.2, -0.15) is 0 Å². The zero-order valence-corrected chi connectivity index (χ0v) is 7.90. The zero-order valence-electron chi connectivity index (χ0n) is 4.93. The molecule has 2 nitrogen and oxygen atoms in total. The SMILES string of the molecule is C=C/C(C)=C(/I)S(=O)O. The van der Waals surface area contributed by atoms with Crippen LogP contribution in [0.15, 0.2) is 21.1 Å². The Hall–Kier alpha value is 0.320. The summed E-state index contributed by atoms with van der Waals surface area (Å²) in [6.07, 6.45) is 1.55. The quantitative estimate of drug-likeness (QED) is 0.467. The second-order valence-corrected chi connectivity index (χ2v) is 4.13. The molecular weight excluding hydrogens is 251 g/mol. The van der Waals surface area contributed by atoms with Gasteiger partial charge in [-0.15, -0.1) is 0 Å². The van der Waals surface area contributed by atoms with Crippen LogP contribution in [0.1, 0.15) is 6.92 Å². The van der Waals surface area contributed by atoms with Gasteiger partial charge < -0.3 is 4.55 Å². The van der Waals surface area contributed by atoms with E-state index in [2.05, 4.69) is 6.58 Å². The third kappa shape index (κ3) is 3.12. The largest absolute Gasteiger partial charge is 0.302 e. The van der Waals surface area contributed by atoms with Crippen molar-refractivity contribution < 1.29 is 8.76 Å². The van der Waals surface area contributed by atoms with Gasteiger partial charge in [0.2, 0.25) is 0 Å². The molecule has 1 atom stereocenters. The Morgan fingerprint density at radius 2 is 2.33 bits per heavy atom. The Morgan fingerprint density at radius 3 is 2.44 bits per heavy atom. The molecule has 0 aromatic heterocycles. The molecule has 0 spiro atoms. The first-order valence-corrected chi connectivity index (χ1v) is 4.37. The van der Waals surface area contributed by atoms with Gasteiger partial charge in [0, 0.05) is 0 Å². The second kappa shape index (κ2) is 4.19. The van der Waals surface area contributed by atoms with Crippen LogP contribution in [0.3, 0.4) is 0 Å². The van der Waals surface area contributed by atoms with Crippen molar-refractivity contribution in [1.82, 2.24) is 0 Å². The molecule has 0 aliphatic heterocycles. The highest BCUT2D eigenvalue weighted by molar-refractivity contribution is 14.1. The molecule has 0 aliphatic carbocycles. The molecule has 0 fully saturated rings. The lowest BCUT2D eigenvalue weighted by molar-refractivity contribution is 0.573. The van der Waals surface area contributed by atoms with E-state index in [1.54, 1.807) is 13.0 Å². The number of allylic oxidation sites excluding steroid dienone is 2. The minimum atomic E-state index is -1.85. The Labute approximate surface area is 70.5 Å². The van der Waals surface area contributed by atoms with Crippen LogP contribution in [0.2, 0.25) is 0 Å². The lowest BCUT2D eigenvalue weighted by Crippen LogP contribution is -1.86. The molecule has 4 heteroatoms. The first-order chi connectivity index (χ1) is 4.09. The molecule has 52 valence electrons. The van der Waals surface area contributed by atoms with Crippen LogP contribution in [0.4, 0.5) is 0 Å². The molecule has 0 amide bonds. The number of hydrogen-bond donors (Lipinski definition) is 1. The standard InChI is InChI=1S/C5H7IO2S/c1-3-4(2)5(6)9(7)8/h3H,1H2,2H3,(H,7,8)/b5-4-. The van der Waals surface area contributed by atoms with E-state index in [0.717, 1.165) is 5.57 Å². The summed E-state index contributed by atoms with van der Waals surface area (Å²) in [4.78, 5) is 0. The fourth-order valence-electron chi connectivity index (χ4n) is 0.218. The fraction of sp³-hybridized carbons (Fsp3) is 0.200. The molecular formula is C5H7IO2S. The Morgan fingerprint density at radius 1 is 1.89 bits per heavy atom. The topological polar surface area (TPSA) is 37.3 Å². The van der Waals surface area contributed by atoms with Gasteiger partial charge in [-0.1, -0.05) is 12.7 Å². The Kier molecular flexibility index (Phi) is 4.33. The van der Waals surface area contributed by atoms with Crippen LogP contribution >= 0.6 is 22.6 Å². The molecule has 0 aromatic carbocycles. The summed E-state index contributed by atoms with van der Waals surface area (Å²) in [5.41, 5.74) is 0.747. The molecule has 0 bridgehead atoms. The van der Waals surface area contributed by atoms with Crippen LogP contribution < -0.4 is 0 Å². The smallest absolute Gasteiger partial charge is 0.193 e. The monoisotopic (exact) mass is 258 g/mol. The average molecular weight is 258 g/mol. The van der Waals surface area contributed by atoms with Crippen molar-refractivity contribution in [3.63, 3.8) is 0 Å². The normalized spacial score (nSPS) is 16.3. The van der Waals surface area contributed by atoms with E-state index in [1.165, 1.54) is 0 Å². The van der Waals surface area contributed by atoms with Gasteiger partial charge in [0.25, 0.3) is 0 Å². The molecule has 9 heavy (non-hydrogen) atoms. The Balaban J connectivity index is 4.47. The molecule has 0 saturated carbocycles. The number of hydrogen-bond acceptors (Lipinski definition) is 1. The van der Waals surface area contributed by atoms with Gasteiger partial charge in [0.05, 0.1) is 0 Å². The number of rotatable bonds is 2. The predicted molar refractivity (Wildman–Crippen MR) is 47.7 cm³/mol. The molecule has 0 radical (unpaired) electrons. The predicted octanol–water partition coefficient (Wildman–Crippen LogP) is 2.06. The van der Waals surface area contributed by atoms with E-state index in [9.17, 15) is 4.21 Å². The molecule has 1 N–H and O–H groups in total. The van der Waals surface area contributed by atoms with Gasteiger partial charge >= 0.3 is 0 Å². The van der Waals surface area contributed by atoms with Crippen LogP contribution in [0, 0.1) is 0 Å². The highest BCUT2D eigenvalue weighted by Crippen LogP contribution is 2.15. The van der Waals surface area contributed by atoms with Gasteiger partial charge in [-0.05, 0) is 35.1 Å². The van der Waals surface area contributed by atoms with Crippen LogP contribution in [0.5, 0.6) is 0 Å². The fourth-order valence-corrected chi connectivity index (χ4v) is 0.797. The van der Waals surface area contributed by atoms with E-state index in [1.807, 2.05) is 22.6 Å². The van der Waals surface area contributed by atoms with Crippen LogP contribution in [-0.4, -0.2) is 8.76 Å². The van der Waals surface area contributed by atoms with E-state index >= 15 is 0 Å². The Bertz CT molecular complexity index is 174. The van der Waals surface area contributed by atoms with Gasteiger partial charge in [-0.25, -0.2) is 4.21 Å². The molecule has 0 aromatic rings. The maximum atomic E-state index is 10.3. The van der Waals surface area contributed by atoms with Crippen molar-refractivity contribution >= 4 is 33.7 Å². The van der Waals surface area contributed by atoms with Gasteiger partial charge in [-0.3, -0.25) is 0 Å². The van der Waals surface area contributed by atoms with Crippen molar-refractivity contribution in [2.75, 3.05) is 0 Å². The molecule has 0 heterocycles. The first kappa shape index (κ1) is 9.32. The summed E-state index contributed by atoms with van der Waals surface area (Å²) in [6, 6.07) is 0. The maximum absolute atomic E-state index is 10.3. The van der Waals surface area contributed by atoms with Crippen molar-refractivity contribution in [1.29, 1.82) is 0 Å². The average Bonchev–Trinajstić information content (AvgIpc) is 1.84. The van der Waals surface area contributed by atoms with Crippen molar-refractivity contribution in [3.8, 4) is 0 Å². The van der Waals surface area contributed by atoms with E-state index in [4.69, 9.17) is 4.55 Å². The van der Waals surface area contributed by atoms with E-state index in [-0.39, 0.29) is 0 Å². The van der Waals surface area contributed by atoms with Crippen molar-refractivity contribution in [3.05, 3.63) is 21.1 Å². The van der Waals surface area contributed by atoms with Gasteiger partial charge in [0.1, 0.15) is 2.91 Å². The van der Waals surface area contributed by atoms with Crippen molar-refractivity contribution in [2.45, 2.75) is 6.92 Å². The van der Waals surface area contributed by atoms with Crippen molar-refractivity contribution in [2.24, 2.45) is 0 Å². The van der Waals surface area contributed by atoms with E-state index < -0.39 is 11.1 Å². The minimum absolute atomic E-state index is 0.433. The first-order valence-electron chi connectivity index (χ1n) is 2.19. The molecule has 1 unspecified atom stereocenters. The summed E-state index contributed by atoms with van der Waals surface area (Å²) in [7, 11) is 0. The summed E-state index contributed by atoms with van der Waals surface area (Å²) < 4.78 is 19.2. The van der Waals surface area contributed by atoms with Gasteiger partial charge in [0.15, 0.2) is 11.1 Å². The summed E-state index contributed by atoms with van der Waals surface area (Å²) >= 11 is -0.0295. The highest BCUT2D eigenvalue weighted by Gasteiger charge is 2.00. The van der Waals surface area contributed by atoms with E-state index in [0.29, 0.717) is 2.91 Å². The minimum Gasteiger partial charge on any atom is -0.302 e. The molecule has 0 saturated heterocycles. The molecule has 0 aliphatic rings. The number of halogens is 1. The third-order valence-corrected chi connectivity index (χ3v) is 3.38. The summed E-state index contributed by atoms with van der Waals surface area (Å²) in [6.45, 7) is 5.19. The third-order valence-electron chi connectivity index (χ3n) is 0.770. The molecule has 0 rings (SSSR count). The lowest BCUT2D eigenvalue weighted by atomic mass is 10.4. The summed E-state index contributed by atoms with van der Waals surface area (Å²) in [5, 5.41) is 0. The highest BCUT2D eigenvalue weighted by atomic mass is 127. The second-order valence-electron chi connectivity index (χ2n) is 1.41. The zero-order chi connectivity index (χ0) is 7.44. The lowest BCUT2D eigenvalue weighted by Gasteiger charge is -1.92. The maximum Gasteiger partial charge on any atom is 0.193 e. The van der Waals surface area contributed by atoms with Crippen LogP contribution in [0.25, 0.3) is 0 Å². The van der Waals surface area contributed by atoms with Crippen LogP contribution in [-0.2, 0) is 11.1 Å². The summed E-state index contributed by atoms with van der Waals surface area (Å²) in [5.74, 6) is 0.